The highest BCUT2D eigenvalue weighted by molar-refractivity contribution is 6.34. The van der Waals surface area contributed by atoms with Crippen molar-refractivity contribution in [3.05, 3.63) is 27.7 Å². The maximum atomic E-state index is 6.11. The van der Waals surface area contributed by atoms with E-state index in [1.165, 1.54) is 12.8 Å². The summed E-state index contributed by atoms with van der Waals surface area (Å²) in [4.78, 5) is 0. The number of hydrogen-bond acceptors (Lipinski definition) is 2. The highest BCUT2D eigenvalue weighted by atomic mass is 35.5. The summed E-state index contributed by atoms with van der Waals surface area (Å²) >= 11 is 12.1. The minimum Gasteiger partial charge on any atom is -0.495 e. The Morgan fingerprint density at radius 1 is 1.33 bits per heavy atom. The molecule has 1 aromatic carbocycles. The molecular formula is C11H13Cl2NO. The second kappa shape index (κ2) is 4.60. The van der Waals surface area contributed by atoms with E-state index in [2.05, 4.69) is 5.32 Å². The second-order valence-electron chi connectivity index (χ2n) is 3.73. The summed E-state index contributed by atoms with van der Waals surface area (Å²) in [5.74, 6) is 0.622. The van der Waals surface area contributed by atoms with Crippen molar-refractivity contribution in [2.24, 2.45) is 0 Å². The van der Waals surface area contributed by atoms with Crippen LogP contribution in [0.5, 0.6) is 5.75 Å². The number of hydrogen-bond donors (Lipinski definition) is 1. The normalized spacial score (nSPS) is 15.4. The van der Waals surface area contributed by atoms with E-state index in [0.29, 0.717) is 21.8 Å². The summed E-state index contributed by atoms with van der Waals surface area (Å²) in [5.41, 5.74) is 1.02. The van der Waals surface area contributed by atoms with Crippen LogP contribution in [-0.2, 0) is 6.54 Å². The molecule has 15 heavy (non-hydrogen) atoms. The molecule has 1 aromatic rings. The van der Waals surface area contributed by atoms with Gasteiger partial charge in [0.1, 0.15) is 5.75 Å². The van der Waals surface area contributed by atoms with Gasteiger partial charge in [0.2, 0.25) is 0 Å². The predicted molar refractivity (Wildman–Crippen MR) is 62.9 cm³/mol. The van der Waals surface area contributed by atoms with Crippen LogP contribution in [0.1, 0.15) is 18.4 Å². The lowest BCUT2D eigenvalue weighted by molar-refractivity contribution is 0.415. The Morgan fingerprint density at radius 3 is 2.67 bits per heavy atom. The van der Waals surface area contributed by atoms with Gasteiger partial charge in [0.15, 0.2) is 0 Å². The van der Waals surface area contributed by atoms with Crippen molar-refractivity contribution in [2.45, 2.75) is 25.4 Å². The minimum absolute atomic E-state index is 0.606. The van der Waals surface area contributed by atoms with Crippen LogP contribution in [0, 0.1) is 0 Å². The lowest BCUT2D eigenvalue weighted by Crippen LogP contribution is -2.15. The van der Waals surface area contributed by atoms with Gasteiger partial charge in [-0.25, -0.2) is 0 Å². The molecule has 0 unspecified atom stereocenters. The van der Waals surface area contributed by atoms with E-state index in [4.69, 9.17) is 27.9 Å². The number of methoxy groups -OCH3 is 1. The van der Waals surface area contributed by atoms with Crippen molar-refractivity contribution < 1.29 is 4.74 Å². The van der Waals surface area contributed by atoms with Crippen LogP contribution in [0.2, 0.25) is 10.0 Å². The van der Waals surface area contributed by atoms with Crippen molar-refractivity contribution in [3.63, 3.8) is 0 Å². The number of rotatable bonds is 4. The molecule has 1 aliphatic rings. The summed E-state index contributed by atoms with van der Waals surface area (Å²) < 4.78 is 5.08. The van der Waals surface area contributed by atoms with E-state index < -0.39 is 0 Å². The molecule has 82 valence electrons. The fraction of sp³-hybridized carbons (Fsp3) is 0.455. The van der Waals surface area contributed by atoms with E-state index in [-0.39, 0.29) is 0 Å². The molecule has 0 saturated heterocycles. The standard InChI is InChI=1S/C11H13Cl2NO/c1-15-11-5-9(12)7(4-10(11)13)6-14-8-2-3-8/h4-5,8,14H,2-3,6H2,1H3. The van der Waals surface area contributed by atoms with E-state index in [1.807, 2.05) is 6.07 Å². The number of ether oxygens (including phenoxy) is 1. The summed E-state index contributed by atoms with van der Waals surface area (Å²) in [6.07, 6.45) is 2.53. The Kier molecular flexibility index (Phi) is 3.39. The number of halogens is 2. The molecule has 0 bridgehead atoms. The van der Waals surface area contributed by atoms with Crippen molar-refractivity contribution in [1.29, 1.82) is 0 Å². The first-order chi connectivity index (χ1) is 7.20. The highest BCUT2D eigenvalue weighted by Crippen LogP contribution is 2.31. The molecule has 1 saturated carbocycles. The third-order valence-corrected chi connectivity index (χ3v) is 3.13. The molecule has 0 amide bonds. The Bertz CT molecular complexity index is 364. The second-order valence-corrected chi connectivity index (χ2v) is 4.55. The highest BCUT2D eigenvalue weighted by Gasteiger charge is 2.20. The Balaban J connectivity index is 2.11. The van der Waals surface area contributed by atoms with Crippen LogP contribution in [0.4, 0.5) is 0 Å². The molecule has 0 atom stereocenters. The molecule has 0 aromatic heterocycles. The van der Waals surface area contributed by atoms with Crippen molar-refractivity contribution >= 4 is 23.2 Å². The third-order valence-electron chi connectivity index (χ3n) is 2.48. The average Bonchev–Trinajstić information content (AvgIpc) is 3.02. The Hall–Kier alpha value is -0.440. The summed E-state index contributed by atoms with van der Waals surface area (Å²) in [6, 6.07) is 4.29. The van der Waals surface area contributed by atoms with E-state index in [9.17, 15) is 0 Å². The van der Waals surface area contributed by atoms with E-state index in [1.54, 1.807) is 13.2 Å². The molecular weight excluding hydrogens is 233 g/mol. The fourth-order valence-electron chi connectivity index (χ4n) is 1.40. The molecule has 4 heteroatoms. The number of nitrogens with one attached hydrogen (secondary N) is 1. The lowest BCUT2D eigenvalue weighted by atomic mass is 10.2. The van der Waals surface area contributed by atoms with Gasteiger partial charge >= 0.3 is 0 Å². The van der Waals surface area contributed by atoms with Crippen molar-refractivity contribution in [1.82, 2.24) is 5.32 Å². The molecule has 0 radical (unpaired) electrons. The zero-order chi connectivity index (χ0) is 10.8. The first-order valence-electron chi connectivity index (χ1n) is 4.96. The first-order valence-corrected chi connectivity index (χ1v) is 5.71. The molecule has 0 heterocycles. The largest absolute Gasteiger partial charge is 0.495 e. The van der Waals surface area contributed by atoms with Gasteiger partial charge in [-0.1, -0.05) is 23.2 Å². The van der Waals surface area contributed by atoms with Gasteiger partial charge in [0, 0.05) is 23.7 Å². The van der Waals surface area contributed by atoms with E-state index >= 15 is 0 Å². The number of benzene rings is 1. The van der Waals surface area contributed by atoms with Gasteiger partial charge in [0.25, 0.3) is 0 Å². The Labute approximate surface area is 99.5 Å². The molecule has 1 N–H and O–H groups in total. The smallest absolute Gasteiger partial charge is 0.138 e. The van der Waals surface area contributed by atoms with E-state index in [0.717, 1.165) is 12.1 Å². The topological polar surface area (TPSA) is 21.3 Å². The Morgan fingerprint density at radius 2 is 2.07 bits per heavy atom. The summed E-state index contributed by atoms with van der Waals surface area (Å²) in [6.45, 7) is 0.771. The molecule has 1 aliphatic carbocycles. The SMILES string of the molecule is COc1cc(Cl)c(CNC2CC2)cc1Cl. The van der Waals surface area contributed by atoms with Crippen LogP contribution in [0.15, 0.2) is 12.1 Å². The first kappa shape index (κ1) is 11.1. The fourth-order valence-corrected chi connectivity index (χ4v) is 1.89. The average molecular weight is 246 g/mol. The monoisotopic (exact) mass is 245 g/mol. The van der Waals surface area contributed by atoms with Crippen molar-refractivity contribution in [3.8, 4) is 5.75 Å². The van der Waals surface area contributed by atoms with Crippen LogP contribution >= 0.6 is 23.2 Å². The van der Waals surface area contributed by atoms with Crippen LogP contribution in [0.25, 0.3) is 0 Å². The van der Waals surface area contributed by atoms with Gasteiger partial charge in [-0.15, -0.1) is 0 Å². The van der Waals surface area contributed by atoms with Gasteiger partial charge in [-0.2, -0.15) is 0 Å². The lowest BCUT2D eigenvalue weighted by Gasteiger charge is -2.09. The van der Waals surface area contributed by atoms with Crippen LogP contribution in [0.3, 0.4) is 0 Å². The van der Waals surface area contributed by atoms with Crippen molar-refractivity contribution in [2.75, 3.05) is 7.11 Å². The van der Waals surface area contributed by atoms with Crippen LogP contribution < -0.4 is 10.1 Å². The zero-order valence-electron chi connectivity index (χ0n) is 8.52. The predicted octanol–water partition coefficient (Wildman–Crippen LogP) is 3.25. The van der Waals surface area contributed by atoms with Gasteiger partial charge in [-0.3, -0.25) is 0 Å². The van der Waals surface area contributed by atoms with Gasteiger partial charge < -0.3 is 10.1 Å². The minimum atomic E-state index is 0.606. The summed E-state index contributed by atoms with van der Waals surface area (Å²) in [7, 11) is 1.58. The maximum absolute atomic E-state index is 6.11. The van der Waals surface area contributed by atoms with Gasteiger partial charge in [-0.05, 0) is 24.5 Å². The molecule has 2 rings (SSSR count). The molecule has 0 aliphatic heterocycles. The zero-order valence-corrected chi connectivity index (χ0v) is 10.0. The quantitative estimate of drug-likeness (QED) is 0.880. The molecule has 1 fully saturated rings. The summed E-state index contributed by atoms with van der Waals surface area (Å²) in [5, 5.41) is 4.70. The third kappa shape index (κ3) is 2.77. The maximum Gasteiger partial charge on any atom is 0.138 e. The van der Waals surface area contributed by atoms with Crippen LogP contribution in [-0.4, -0.2) is 13.2 Å². The molecule has 0 spiro atoms. The molecule has 2 nitrogen and oxygen atoms in total. The van der Waals surface area contributed by atoms with Gasteiger partial charge in [0.05, 0.1) is 12.1 Å².